The van der Waals surface area contributed by atoms with E-state index in [2.05, 4.69) is 27.7 Å². The van der Waals surface area contributed by atoms with E-state index in [1.807, 2.05) is 4.90 Å². The molecule has 7 heteroatoms. The lowest BCUT2D eigenvalue weighted by Gasteiger charge is -2.27. The molecule has 1 aromatic rings. The number of rotatable bonds is 11. The maximum absolute atomic E-state index is 12.9. The van der Waals surface area contributed by atoms with Crippen LogP contribution in [-0.2, 0) is 26.2 Å². The largest absolute Gasteiger partial charge is 0.385 e. The van der Waals surface area contributed by atoms with E-state index in [-0.39, 0.29) is 17.1 Å². The molecule has 0 heterocycles. The van der Waals surface area contributed by atoms with Gasteiger partial charge in [0.05, 0.1) is 6.26 Å². The Labute approximate surface area is 170 Å². The molecular weight excluding hydrogens is 378 g/mol. The van der Waals surface area contributed by atoms with Crippen molar-refractivity contribution in [3.8, 4) is 5.75 Å². The average Bonchev–Trinajstić information content (AvgIpc) is 2.52. The molecule has 6 nitrogen and oxygen atoms in total. The standard InChI is InChI=1S/C21H35NO5S/c1-17(15-21(2,3)4)14-20(23)22(12-7-13-26-5)16-18-8-10-19(11-9-18)27-28(6,24)25/h8-11,17H,7,12-16H2,1-6H3. The summed E-state index contributed by atoms with van der Waals surface area (Å²) < 4.78 is 32.4. The number of carbonyl (C=O) groups is 1. The first-order valence-electron chi connectivity index (χ1n) is 9.65. The topological polar surface area (TPSA) is 72.9 Å². The molecule has 0 fully saturated rings. The molecule has 0 saturated carbocycles. The van der Waals surface area contributed by atoms with Crippen LogP contribution in [0.2, 0.25) is 0 Å². The smallest absolute Gasteiger partial charge is 0.306 e. The summed E-state index contributed by atoms with van der Waals surface area (Å²) in [5.41, 5.74) is 1.12. The Hall–Kier alpha value is -1.60. The number of benzene rings is 1. The SMILES string of the molecule is COCCCN(Cc1ccc(OS(C)(=O)=O)cc1)C(=O)CC(C)CC(C)(C)C. The quantitative estimate of drug-likeness (QED) is 0.407. The lowest BCUT2D eigenvalue weighted by molar-refractivity contribution is -0.133. The van der Waals surface area contributed by atoms with Crippen LogP contribution in [0, 0.1) is 11.3 Å². The average molecular weight is 414 g/mol. The molecule has 1 rings (SSSR count). The van der Waals surface area contributed by atoms with Gasteiger partial charge in [-0.15, -0.1) is 0 Å². The molecule has 160 valence electrons. The maximum Gasteiger partial charge on any atom is 0.306 e. The van der Waals surface area contributed by atoms with Crippen LogP contribution >= 0.6 is 0 Å². The number of amides is 1. The third-order valence-corrected chi connectivity index (χ3v) is 4.65. The fourth-order valence-electron chi connectivity index (χ4n) is 3.28. The van der Waals surface area contributed by atoms with Crippen molar-refractivity contribution in [1.82, 2.24) is 4.90 Å². The van der Waals surface area contributed by atoms with Crippen LogP contribution in [0.25, 0.3) is 0 Å². The Morgan fingerprint density at radius 2 is 1.79 bits per heavy atom. The molecule has 0 bridgehead atoms. The van der Waals surface area contributed by atoms with Crippen LogP contribution in [0.4, 0.5) is 0 Å². The first-order chi connectivity index (χ1) is 12.9. The Morgan fingerprint density at radius 3 is 2.29 bits per heavy atom. The van der Waals surface area contributed by atoms with E-state index in [9.17, 15) is 13.2 Å². The predicted octanol–water partition coefficient (Wildman–Crippen LogP) is 3.85. The van der Waals surface area contributed by atoms with Crippen molar-refractivity contribution in [3.05, 3.63) is 29.8 Å². The van der Waals surface area contributed by atoms with Gasteiger partial charge in [0.25, 0.3) is 0 Å². The van der Waals surface area contributed by atoms with Crippen molar-refractivity contribution < 1.29 is 22.1 Å². The number of carbonyl (C=O) groups excluding carboxylic acids is 1. The zero-order valence-corrected chi connectivity index (χ0v) is 18.8. The number of methoxy groups -OCH3 is 1. The van der Waals surface area contributed by atoms with Gasteiger partial charge in [0.15, 0.2) is 0 Å². The summed E-state index contributed by atoms with van der Waals surface area (Å²) in [6, 6.07) is 6.79. The summed E-state index contributed by atoms with van der Waals surface area (Å²) in [6.07, 6.45) is 3.28. The maximum atomic E-state index is 12.9. The summed E-state index contributed by atoms with van der Waals surface area (Å²) in [5, 5.41) is 0. The van der Waals surface area contributed by atoms with Crippen LogP contribution in [-0.4, -0.2) is 45.7 Å². The molecule has 0 saturated heterocycles. The molecule has 0 aliphatic heterocycles. The lowest BCUT2D eigenvalue weighted by Crippen LogP contribution is -2.33. The third kappa shape index (κ3) is 10.7. The molecule has 1 aromatic carbocycles. The Balaban J connectivity index is 2.79. The van der Waals surface area contributed by atoms with Crippen molar-refractivity contribution in [1.29, 1.82) is 0 Å². The number of hydrogen-bond acceptors (Lipinski definition) is 5. The van der Waals surface area contributed by atoms with Gasteiger partial charge in [0.1, 0.15) is 5.75 Å². The second kappa shape index (κ2) is 10.8. The monoisotopic (exact) mass is 413 g/mol. The molecular formula is C21H35NO5S. The van der Waals surface area contributed by atoms with E-state index < -0.39 is 10.1 Å². The Kier molecular flexibility index (Phi) is 9.44. The summed E-state index contributed by atoms with van der Waals surface area (Å²) in [5.74, 6) is 0.703. The second-order valence-electron chi connectivity index (χ2n) is 8.67. The van der Waals surface area contributed by atoms with Crippen molar-refractivity contribution in [3.63, 3.8) is 0 Å². The molecule has 0 aliphatic rings. The fraction of sp³-hybridized carbons (Fsp3) is 0.667. The third-order valence-electron chi connectivity index (χ3n) is 4.16. The zero-order chi connectivity index (χ0) is 21.4. The second-order valence-corrected chi connectivity index (χ2v) is 10.2. The molecule has 1 amide bonds. The van der Waals surface area contributed by atoms with E-state index in [1.165, 1.54) is 0 Å². The van der Waals surface area contributed by atoms with Gasteiger partial charge in [-0.3, -0.25) is 4.79 Å². The van der Waals surface area contributed by atoms with Crippen molar-refractivity contribution in [2.24, 2.45) is 11.3 Å². The van der Waals surface area contributed by atoms with Crippen LogP contribution < -0.4 is 4.18 Å². The van der Waals surface area contributed by atoms with Gasteiger partial charge in [0.2, 0.25) is 5.91 Å². The zero-order valence-electron chi connectivity index (χ0n) is 18.0. The first kappa shape index (κ1) is 24.4. The van der Waals surface area contributed by atoms with Gasteiger partial charge in [-0.25, -0.2) is 0 Å². The van der Waals surface area contributed by atoms with E-state index in [1.54, 1.807) is 31.4 Å². The van der Waals surface area contributed by atoms with E-state index in [0.717, 1.165) is 24.7 Å². The number of hydrogen-bond donors (Lipinski definition) is 0. The molecule has 0 N–H and O–H groups in total. The molecule has 1 unspecified atom stereocenters. The lowest BCUT2D eigenvalue weighted by atomic mass is 9.84. The van der Waals surface area contributed by atoms with Crippen LogP contribution in [0.1, 0.15) is 52.5 Å². The minimum absolute atomic E-state index is 0.129. The number of nitrogens with zero attached hydrogens (tertiary/aromatic N) is 1. The van der Waals surface area contributed by atoms with Gasteiger partial charge < -0.3 is 13.8 Å². The molecule has 0 aliphatic carbocycles. The summed E-state index contributed by atoms with van der Waals surface area (Å²) in [6.45, 7) is 10.4. The van der Waals surface area contributed by atoms with Gasteiger partial charge in [-0.1, -0.05) is 39.8 Å². The Bertz CT molecular complexity index is 707. The van der Waals surface area contributed by atoms with E-state index in [0.29, 0.717) is 32.0 Å². The summed E-state index contributed by atoms with van der Waals surface area (Å²) >= 11 is 0. The highest BCUT2D eigenvalue weighted by Gasteiger charge is 2.21. The van der Waals surface area contributed by atoms with Gasteiger partial charge in [0, 0.05) is 33.2 Å². The highest BCUT2D eigenvalue weighted by molar-refractivity contribution is 7.86. The molecule has 0 radical (unpaired) electrons. The van der Waals surface area contributed by atoms with Gasteiger partial charge in [-0.2, -0.15) is 8.42 Å². The van der Waals surface area contributed by atoms with E-state index in [4.69, 9.17) is 8.92 Å². The van der Waals surface area contributed by atoms with Crippen LogP contribution in [0.15, 0.2) is 24.3 Å². The molecule has 1 atom stereocenters. The Morgan fingerprint density at radius 1 is 1.18 bits per heavy atom. The molecule has 28 heavy (non-hydrogen) atoms. The highest BCUT2D eigenvalue weighted by atomic mass is 32.2. The van der Waals surface area contributed by atoms with Gasteiger partial charge >= 0.3 is 10.1 Å². The van der Waals surface area contributed by atoms with Crippen molar-refractivity contribution in [2.45, 2.75) is 53.5 Å². The van der Waals surface area contributed by atoms with Crippen LogP contribution in [0.3, 0.4) is 0 Å². The predicted molar refractivity (Wildman–Crippen MR) is 112 cm³/mol. The van der Waals surface area contributed by atoms with E-state index >= 15 is 0 Å². The number of ether oxygens (including phenoxy) is 1. The fourth-order valence-corrected chi connectivity index (χ4v) is 3.74. The highest BCUT2D eigenvalue weighted by Crippen LogP contribution is 2.26. The summed E-state index contributed by atoms with van der Waals surface area (Å²) in [4.78, 5) is 14.7. The minimum atomic E-state index is -3.55. The molecule has 0 aromatic heterocycles. The van der Waals surface area contributed by atoms with Crippen molar-refractivity contribution in [2.75, 3.05) is 26.5 Å². The normalized spacial score (nSPS) is 13.2. The van der Waals surface area contributed by atoms with Crippen LogP contribution in [0.5, 0.6) is 5.75 Å². The minimum Gasteiger partial charge on any atom is -0.385 e. The van der Waals surface area contributed by atoms with Gasteiger partial charge in [-0.05, 0) is 41.9 Å². The molecule has 0 spiro atoms. The summed E-state index contributed by atoms with van der Waals surface area (Å²) in [7, 11) is -1.90. The first-order valence-corrected chi connectivity index (χ1v) is 11.5. The van der Waals surface area contributed by atoms with Crippen molar-refractivity contribution >= 4 is 16.0 Å².